The minimum Gasteiger partial charge on any atom is -0.487 e. The van der Waals surface area contributed by atoms with Gasteiger partial charge >= 0.3 is 0 Å². The first kappa shape index (κ1) is 22.3. The van der Waals surface area contributed by atoms with Crippen LogP contribution in [-0.4, -0.2) is 30.2 Å². The number of ether oxygens (including phenoxy) is 1. The maximum Gasteiger partial charge on any atom is 0.142 e. The standard InChI is InChI=1S/C25H39N2O/c1-5-16-27(17-6-2,21(4)7-3)18-15-22-13-14-25(24(26)19-22)28-20-23-11-9-8-10-12-23/h8-14,19,21H,5-7,15-18,20,26H2,1-4H3/q+1. The summed E-state index contributed by atoms with van der Waals surface area (Å²) >= 11 is 0. The molecule has 0 heterocycles. The van der Waals surface area contributed by atoms with E-state index >= 15 is 0 Å². The molecule has 0 amide bonds. The number of nitrogens with zero attached hydrogens (tertiary/aromatic N) is 1. The second-order valence-corrected chi connectivity index (χ2v) is 8.04. The molecule has 28 heavy (non-hydrogen) atoms. The Kier molecular flexibility index (Phi) is 8.85. The number of benzene rings is 2. The van der Waals surface area contributed by atoms with Crippen LogP contribution >= 0.6 is 0 Å². The first-order valence-corrected chi connectivity index (χ1v) is 11.0. The largest absolute Gasteiger partial charge is 0.487 e. The zero-order valence-corrected chi connectivity index (χ0v) is 18.3. The van der Waals surface area contributed by atoms with Crippen LogP contribution in [-0.2, 0) is 13.0 Å². The fourth-order valence-corrected chi connectivity index (χ4v) is 4.25. The van der Waals surface area contributed by atoms with Crippen molar-refractivity contribution in [3.63, 3.8) is 0 Å². The summed E-state index contributed by atoms with van der Waals surface area (Å²) in [5, 5.41) is 0. The van der Waals surface area contributed by atoms with Gasteiger partial charge in [0.2, 0.25) is 0 Å². The summed E-state index contributed by atoms with van der Waals surface area (Å²) in [5.41, 5.74) is 9.50. The van der Waals surface area contributed by atoms with E-state index in [9.17, 15) is 0 Å². The van der Waals surface area contributed by atoms with Crippen LogP contribution in [0.3, 0.4) is 0 Å². The predicted octanol–water partition coefficient (Wildman–Crippen LogP) is 5.83. The molecule has 0 bridgehead atoms. The smallest absolute Gasteiger partial charge is 0.142 e. The number of hydrogen-bond donors (Lipinski definition) is 1. The van der Waals surface area contributed by atoms with Crippen LogP contribution in [0.2, 0.25) is 0 Å². The van der Waals surface area contributed by atoms with Gasteiger partial charge in [-0.15, -0.1) is 0 Å². The lowest BCUT2D eigenvalue weighted by molar-refractivity contribution is -0.949. The fraction of sp³-hybridized carbons (Fsp3) is 0.520. The molecule has 2 aromatic carbocycles. The molecule has 0 aliphatic heterocycles. The Bertz CT molecular complexity index is 693. The van der Waals surface area contributed by atoms with Gasteiger partial charge in [0.05, 0.1) is 31.4 Å². The predicted molar refractivity (Wildman–Crippen MR) is 121 cm³/mol. The molecular weight excluding hydrogens is 344 g/mol. The SMILES string of the molecule is CCC[N+](CCC)(CCc1ccc(OCc2ccccc2)c(N)c1)C(C)CC. The Hall–Kier alpha value is -2.00. The van der Waals surface area contributed by atoms with E-state index in [4.69, 9.17) is 10.5 Å². The van der Waals surface area contributed by atoms with Crippen LogP contribution in [0.4, 0.5) is 5.69 Å². The summed E-state index contributed by atoms with van der Waals surface area (Å²) in [7, 11) is 0. The highest BCUT2D eigenvalue weighted by Gasteiger charge is 2.30. The van der Waals surface area contributed by atoms with Gasteiger partial charge in [0.1, 0.15) is 12.4 Å². The third kappa shape index (κ3) is 6.00. The van der Waals surface area contributed by atoms with E-state index in [0.717, 1.165) is 23.4 Å². The van der Waals surface area contributed by atoms with E-state index in [1.165, 1.54) is 48.9 Å². The lowest BCUT2D eigenvalue weighted by Crippen LogP contribution is -2.56. The number of quaternary nitrogens is 1. The molecule has 0 aliphatic carbocycles. The summed E-state index contributed by atoms with van der Waals surface area (Å²) in [5.74, 6) is 0.775. The third-order valence-corrected chi connectivity index (χ3v) is 6.02. The first-order chi connectivity index (χ1) is 13.5. The lowest BCUT2D eigenvalue weighted by atomic mass is 10.0. The van der Waals surface area contributed by atoms with Crippen LogP contribution in [0.25, 0.3) is 0 Å². The Morgan fingerprint density at radius 3 is 2.14 bits per heavy atom. The quantitative estimate of drug-likeness (QED) is 0.370. The number of anilines is 1. The van der Waals surface area contributed by atoms with Crippen molar-refractivity contribution in [2.45, 2.75) is 66.0 Å². The highest BCUT2D eigenvalue weighted by atomic mass is 16.5. The molecule has 2 rings (SSSR count). The van der Waals surface area contributed by atoms with Crippen molar-refractivity contribution in [1.82, 2.24) is 0 Å². The molecule has 2 aromatic rings. The molecule has 0 spiro atoms. The molecule has 0 saturated heterocycles. The molecular formula is C25H39N2O+. The van der Waals surface area contributed by atoms with E-state index in [2.05, 4.69) is 52.0 Å². The molecule has 0 radical (unpaired) electrons. The summed E-state index contributed by atoms with van der Waals surface area (Å²) < 4.78 is 7.15. The van der Waals surface area contributed by atoms with Gasteiger partial charge in [0.25, 0.3) is 0 Å². The second kappa shape index (κ2) is 11.1. The number of hydrogen-bond acceptors (Lipinski definition) is 2. The molecule has 0 saturated carbocycles. The van der Waals surface area contributed by atoms with Crippen LogP contribution < -0.4 is 10.5 Å². The number of rotatable bonds is 12. The average Bonchev–Trinajstić information content (AvgIpc) is 2.71. The van der Waals surface area contributed by atoms with E-state index < -0.39 is 0 Å². The minimum absolute atomic E-state index is 0.547. The molecule has 154 valence electrons. The van der Waals surface area contributed by atoms with Crippen molar-refractivity contribution in [3.05, 3.63) is 59.7 Å². The maximum absolute atomic E-state index is 6.30. The van der Waals surface area contributed by atoms with Crippen molar-refractivity contribution >= 4 is 5.69 Å². The van der Waals surface area contributed by atoms with Crippen molar-refractivity contribution in [2.75, 3.05) is 25.4 Å². The molecule has 0 fully saturated rings. The van der Waals surface area contributed by atoms with Gasteiger partial charge < -0.3 is 15.0 Å². The molecule has 0 aromatic heterocycles. The fourth-order valence-electron chi connectivity index (χ4n) is 4.25. The molecule has 3 heteroatoms. The summed E-state index contributed by atoms with van der Waals surface area (Å²) in [6.07, 6.45) is 4.76. The lowest BCUT2D eigenvalue weighted by Gasteiger charge is -2.43. The molecule has 2 N–H and O–H groups in total. The molecule has 0 aliphatic rings. The Morgan fingerprint density at radius 1 is 0.893 bits per heavy atom. The monoisotopic (exact) mass is 383 g/mol. The van der Waals surface area contributed by atoms with Gasteiger partial charge in [0, 0.05) is 6.42 Å². The first-order valence-electron chi connectivity index (χ1n) is 11.0. The van der Waals surface area contributed by atoms with Gasteiger partial charge in [0.15, 0.2) is 0 Å². The number of nitrogens with two attached hydrogens (primary N) is 1. The summed E-state index contributed by atoms with van der Waals surface area (Å²) in [6.45, 7) is 13.6. The van der Waals surface area contributed by atoms with Crippen molar-refractivity contribution in [3.8, 4) is 5.75 Å². The van der Waals surface area contributed by atoms with Crippen LogP contribution in [0.1, 0.15) is 58.1 Å². The Morgan fingerprint density at radius 2 is 1.57 bits per heavy atom. The van der Waals surface area contributed by atoms with Crippen LogP contribution in [0.15, 0.2) is 48.5 Å². The van der Waals surface area contributed by atoms with Gasteiger partial charge in [-0.2, -0.15) is 0 Å². The highest BCUT2D eigenvalue weighted by Crippen LogP contribution is 2.26. The Labute approximate surface area is 172 Å². The van der Waals surface area contributed by atoms with Crippen LogP contribution in [0, 0.1) is 0 Å². The van der Waals surface area contributed by atoms with Gasteiger partial charge in [-0.25, -0.2) is 0 Å². The third-order valence-electron chi connectivity index (χ3n) is 6.02. The zero-order chi connectivity index (χ0) is 20.4. The van der Waals surface area contributed by atoms with Gasteiger partial charge in [-0.1, -0.05) is 57.2 Å². The Balaban J connectivity index is 2.03. The molecule has 1 atom stereocenters. The normalized spacial score (nSPS) is 12.7. The van der Waals surface area contributed by atoms with Crippen molar-refractivity contribution < 1.29 is 9.22 Å². The minimum atomic E-state index is 0.547. The van der Waals surface area contributed by atoms with Gasteiger partial charge in [-0.05, 0) is 49.4 Å². The second-order valence-electron chi connectivity index (χ2n) is 8.04. The molecule has 3 nitrogen and oxygen atoms in total. The van der Waals surface area contributed by atoms with Crippen molar-refractivity contribution in [2.24, 2.45) is 0 Å². The van der Waals surface area contributed by atoms with E-state index in [0.29, 0.717) is 12.6 Å². The van der Waals surface area contributed by atoms with E-state index in [1.54, 1.807) is 0 Å². The highest BCUT2D eigenvalue weighted by molar-refractivity contribution is 5.54. The van der Waals surface area contributed by atoms with Gasteiger partial charge in [-0.3, -0.25) is 0 Å². The van der Waals surface area contributed by atoms with Crippen LogP contribution in [0.5, 0.6) is 5.75 Å². The van der Waals surface area contributed by atoms with Crippen molar-refractivity contribution in [1.29, 1.82) is 0 Å². The molecule has 1 unspecified atom stereocenters. The number of nitrogen functional groups attached to an aromatic ring is 1. The van der Waals surface area contributed by atoms with E-state index in [1.807, 2.05) is 24.3 Å². The maximum atomic E-state index is 6.30. The average molecular weight is 384 g/mol. The van der Waals surface area contributed by atoms with E-state index in [-0.39, 0.29) is 0 Å². The zero-order valence-electron chi connectivity index (χ0n) is 18.3. The topological polar surface area (TPSA) is 35.2 Å². The summed E-state index contributed by atoms with van der Waals surface area (Å²) in [6, 6.07) is 17.2. The summed E-state index contributed by atoms with van der Waals surface area (Å²) in [4.78, 5) is 0.